The molecule has 4 nitrogen and oxygen atoms in total. The van der Waals surface area contributed by atoms with E-state index in [4.69, 9.17) is 4.74 Å². The number of benzene rings is 3. The van der Waals surface area contributed by atoms with Crippen LogP contribution in [0.2, 0.25) is 0 Å². The highest BCUT2D eigenvalue weighted by molar-refractivity contribution is 8.00. The van der Waals surface area contributed by atoms with Crippen LogP contribution in [-0.2, 0) is 13.2 Å². The van der Waals surface area contributed by atoms with Gasteiger partial charge in [-0.2, -0.15) is 13.2 Å². The number of nitrogens with zero attached hydrogens (tertiary/aromatic N) is 1. The fourth-order valence-electron chi connectivity index (χ4n) is 3.46. The zero-order chi connectivity index (χ0) is 22.7. The summed E-state index contributed by atoms with van der Waals surface area (Å²) in [4.78, 5) is 11.5. The monoisotopic (exact) mass is 457 g/mol. The third-order valence-electron chi connectivity index (χ3n) is 4.84. The van der Waals surface area contributed by atoms with E-state index in [2.05, 4.69) is 0 Å². The lowest BCUT2D eigenvalue weighted by atomic mass is 10.1. The number of aromatic carboxylic acids is 1. The number of alkyl halides is 3. The number of thioether (sulfide) groups is 1. The van der Waals surface area contributed by atoms with E-state index in [0.717, 1.165) is 16.6 Å². The summed E-state index contributed by atoms with van der Waals surface area (Å²) >= 11 is -0.151. The molecule has 1 N–H and O–H groups in total. The minimum atomic E-state index is -4.36. The second-order valence-corrected chi connectivity index (χ2v) is 8.24. The molecule has 4 aromatic rings. The molecule has 8 heteroatoms. The zero-order valence-corrected chi connectivity index (χ0v) is 17.5. The van der Waals surface area contributed by atoms with Crippen molar-refractivity contribution >= 4 is 28.6 Å². The Hall–Kier alpha value is -3.39. The minimum absolute atomic E-state index is 0.113. The van der Waals surface area contributed by atoms with E-state index in [1.54, 1.807) is 24.3 Å². The molecule has 0 atom stereocenters. The lowest BCUT2D eigenvalue weighted by Crippen LogP contribution is -2.07. The second-order valence-electron chi connectivity index (χ2n) is 7.10. The summed E-state index contributed by atoms with van der Waals surface area (Å²) in [5.74, 6) is -0.349. The van der Waals surface area contributed by atoms with Crippen LogP contribution in [0.4, 0.5) is 13.2 Å². The number of carboxylic acids is 1. The average molecular weight is 457 g/mol. The van der Waals surface area contributed by atoms with Crippen molar-refractivity contribution in [1.29, 1.82) is 0 Å². The van der Waals surface area contributed by atoms with E-state index in [9.17, 15) is 23.1 Å². The number of aromatic nitrogens is 1. The first-order valence-corrected chi connectivity index (χ1v) is 10.5. The van der Waals surface area contributed by atoms with Gasteiger partial charge in [-0.25, -0.2) is 4.79 Å². The first-order valence-electron chi connectivity index (χ1n) is 9.66. The van der Waals surface area contributed by atoms with Crippen molar-refractivity contribution < 1.29 is 27.8 Å². The van der Waals surface area contributed by atoms with Crippen LogP contribution in [0.1, 0.15) is 21.6 Å². The van der Waals surface area contributed by atoms with Crippen LogP contribution < -0.4 is 4.74 Å². The first-order chi connectivity index (χ1) is 15.3. The molecule has 0 aliphatic rings. The van der Waals surface area contributed by atoms with Gasteiger partial charge in [-0.1, -0.05) is 30.3 Å². The molecule has 164 valence electrons. The molecular formula is C24H18F3NO3S. The number of ether oxygens (including phenoxy) is 1. The van der Waals surface area contributed by atoms with Crippen molar-refractivity contribution in [2.75, 3.05) is 0 Å². The van der Waals surface area contributed by atoms with Gasteiger partial charge in [0.25, 0.3) is 0 Å². The largest absolute Gasteiger partial charge is 0.487 e. The van der Waals surface area contributed by atoms with Crippen molar-refractivity contribution in [2.24, 2.45) is 0 Å². The quantitative estimate of drug-likeness (QED) is 0.319. The summed E-state index contributed by atoms with van der Waals surface area (Å²) in [7, 11) is 0. The fraction of sp³-hybridized carbons (Fsp3) is 0.125. The van der Waals surface area contributed by atoms with Crippen LogP contribution in [0.5, 0.6) is 5.75 Å². The molecule has 0 aliphatic heterocycles. The molecule has 0 saturated heterocycles. The van der Waals surface area contributed by atoms with Gasteiger partial charge >= 0.3 is 11.5 Å². The lowest BCUT2D eigenvalue weighted by molar-refractivity contribution is -0.0328. The molecule has 1 aromatic heterocycles. The first kappa shape index (κ1) is 21.8. The Morgan fingerprint density at radius 1 is 0.969 bits per heavy atom. The number of carboxylic acid groups (broad SMARTS) is 1. The van der Waals surface area contributed by atoms with Gasteiger partial charge in [0, 0.05) is 22.3 Å². The Kier molecular flexibility index (Phi) is 6.14. The van der Waals surface area contributed by atoms with Crippen LogP contribution in [0, 0.1) is 0 Å². The third-order valence-corrected chi connectivity index (χ3v) is 5.56. The number of halogens is 3. The molecule has 32 heavy (non-hydrogen) atoms. The average Bonchev–Trinajstić information content (AvgIpc) is 3.08. The molecular weight excluding hydrogens is 439 g/mol. The van der Waals surface area contributed by atoms with Gasteiger partial charge in [0.15, 0.2) is 0 Å². The molecule has 0 saturated carbocycles. The van der Waals surface area contributed by atoms with Crippen molar-refractivity contribution in [3.63, 3.8) is 0 Å². The van der Waals surface area contributed by atoms with Gasteiger partial charge in [0.2, 0.25) is 0 Å². The Bertz CT molecular complexity index is 1250. The molecule has 0 fully saturated rings. The van der Waals surface area contributed by atoms with E-state index in [-0.39, 0.29) is 28.8 Å². The molecule has 0 spiro atoms. The number of fused-ring (bicyclic) bond motifs is 1. The van der Waals surface area contributed by atoms with Gasteiger partial charge in [-0.3, -0.25) is 0 Å². The highest BCUT2D eigenvalue weighted by Gasteiger charge is 2.29. The summed E-state index contributed by atoms with van der Waals surface area (Å²) in [5.41, 5.74) is -1.95. The van der Waals surface area contributed by atoms with Crippen molar-refractivity contribution in [3.05, 3.63) is 95.7 Å². The normalized spacial score (nSPS) is 11.6. The maximum absolute atomic E-state index is 12.8. The molecule has 0 amide bonds. The molecule has 0 radical (unpaired) electrons. The van der Waals surface area contributed by atoms with E-state index >= 15 is 0 Å². The van der Waals surface area contributed by atoms with Crippen LogP contribution in [0.25, 0.3) is 10.9 Å². The number of hydrogen-bond donors (Lipinski definition) is 1. The van der Waals surface area contributed by atoms with E-state index in [1.165, 1.54) is 18.2 Å². The molecule has 0 aliphatic carbocycles. The number of rotatable bonds is 7. The summed E-state index contributed by atoms with van der Waals surface area (Å²) < 4.78 is 46.2. The molecule has 0 unspecified atom stereocenters. The molecule has 3 aromatic carbocycles. The van der Waals surface area contributed by atoms with Crippen molar-refractivity contribution in [1.82, 2.24) is 4.57 Å². The Labute approximate surface area is 186 Å². The zero-order valence-electron chi connectivity index (χ0n) is 16.7. The third kappa shape index (κ3) is 5.26. The fourth-order valence-corrected chi connectivity index (χ4v) is 4.09. The number of hydrogen-bond acceptors (Lipinski definition) is 3. The van der Waals surface area contributed by atoms with Crippen molar-refractivity contribution in [3.8, 4) is 5.75 Å². The predicted octanol–water partition coefficient (Wildman–Crippen LogP) is 6.58. The Balaban J connectivity index is 1.69. The summed E-state index contributed by atoms with van der Waals surface area (Å²) in [6.07, 6.45) is 0. The smallest absolute Gasteiger partial charge is 0.446 e. The van der Waals surface area contributed by atoms with E-state index in [0.29, 0.717) is 17.9 Å². The summed E-state index contributed by atoms with van der Waals surface area (Å²) in [6, 6.07) is 22.2. The Morgan fingerprint density at radius 3 is 2.47 bits per heavy atom. The minimum Gasteiger partial charge on any atom is -0.487 e. The topological polar surface area (TPSA) is 51.5 Å². The summed E-state index contributed by atoms with van der Waals surface area (Å²) in [5, 5.41) is 10.0. The summed E-state index contributed by atoms with van der Waals surface area (Å²) in [6.45, 7) is 0.535. The van der Waals surface area contributed by atoms with Crippen LogP contribution in [0.15, 0.2) is 83.8 Å². The van der Waals surface area contributed by atoms with Crippen LogP contribution in [-0.4, -0.2) is 21.2 Å². The highest BCUT2D eigenvalue weighted by Crippen LogP contribution is 2.37. The van der Waals surface area contributed by atoms with Gasteiger partial charge in [0.05, 0.1) is 11.3 Å². The van der Waals surface area contributed by atoms with Gasteiger partial charge in [-0.15, -0.1) is 0 Å². The molecule has 1 heterocycles. The lowest BCUT2D eigenvalue weighted by Gasteiger charge is -2.13. The standard InChI is InChI=1S/C24H18F3NO3S/c25-24(26,27)32-21-8-4-5-16(11-21)14-28-19(15-31-20-6-2-1-3-7-20)13-18-12-17(23(29)30)9-10-22(18)28/h1-13H,14-15H2,(H,29,30). The molecule has 4 rings (SSSR count). The van der Waals surface area contributed by atoms with Crippen LogP contribution in [0.3, 0.4) is 0 Å². The van der Waals surface area contributed by atoms with Gasteiger partial charge in [-0.05, 0) is 65.9 Å². The number of para-hydroxylation sites is 1. The Morgan fingerprint density at radius 2 is 1.75 bits per heavy atom. The van der Waals surface area contributed by atoms with Gasteiger partial charge < -0.3 is 14.4 Å². The molecule has 0 bridgehead atoms. The van der Waals surface area contributed by atoms with Crippen molar-refractivity contribution in [2.45, 2.75) is 23.6 Å². The SMILES string of the molecule is O=C(O)c1ccc2c(c1)cc(COc1ccccc1)n2Cc1cccc(SC(F)(F)F)c1. The maximum Gasteiger partial charge on any atom is 0.446 e. The van der Waals surface area contributed by atoms with Gasteiger partial charge in [0.1, 0.15) is 12.4 Å². The van der Waals surface area contributed by atoms with E-state index in [1.807, 2.05) is 41.0 Å². The van der Waals surface area contributed by atoms with E-state index < -0.39 is 11.5 Å². The second kappa shape index (κ2) is 9.00. The highest BCUT2D eigenvalue weighted by atomic mass is 32.2. The predicted molar refractivity (Wildman–Crippen MR) is 117 cm³/mol. The van der Waals surface area contributed by atoms with Crippen LogP contribution >= 0.6 is 11.8 Å². The number of carbonyl (C=O) groups is 1. The maximum atomic E-state index is 12.8.